The number of para-hydroxylation sites is 2. The molecule has 6 aromatic rings. The Bertz CT molecular complexity index is 1470. The summed E-state index contributed by atoms with van der Waals surface area (Å²) in [6, 6.07) is 29.7. The van der Waals surface area contributed by atoms with E-state index in [1.165, 1.54) is 43.7 Å². The van der Waals surface area contributed by atoms with Crippen LogP contribution in [0.2, 0.25) is 0 Å². The van der Waals surface area contributed by atoms with Gasteiger partial charge in [0.25, 0.3) is 0 Å². The highest BCUT2D eigenvalue weighted by Gasteiger charge is 2.20. The molecule has 2 nitrogen and oxygen atoms in total. The Labute approximate surface area is 156 Å². The van der Waals surface area contributed by atoms with Gasteiger partial charge in [0.2, 0.25) is 0 Å². The van der Waals surface area contributed by atoms with Crippen molar-refractivity contribution in [1.29, 1.82) is 0 Å². The third kappa shape index (κ3) is 1.90. The molecular weight excluding hydrogens is 330 g/mol. The zero-order chi connectivity index (χ0) is 18.0. The van der Waals surface area contributed by atoms with Crippen LogP contribution >= 0.6 is 0 Å². The first-order chi connectivity index (χ1) is 13.3. The highest BCUT2D eigenvalue weighted by molar-refractivity contribution is 6.27. The van der Waals surface area contributed by atoms with Crippen molar-refractivity contribution in [2.45, 2.75) is 0 Å². The molecule has 27 heavy (non-hydrogen) atoms. The van der Waals surface area contributed by atoms with Gasteiger partial charge >= 0.3 is 0 Å². The van der Waals surface area contributed by atoms with Crippen LogP contribution < -0.4 is 0 Å². The van der Waals surface area contributed by atoms with E-state index in [0.717, 1.165) is 11.2 Å². The van der Waals surface area contributed by atoms with Gasteiger partial charge in [0.05, 0.1) is 10.9 Å². The number of furan rings is 1. The highest BCUT2D eigenvalue weighted by Crippen LogP contribution is 2.43. The number of hydrogen-bond donors (Lipinski definition) is 0. The molecule has 0 saturated heterocycles. The zero-order valence-electron chi connectivity index (χ0n) is 14.9. The maximum atomic E-state index is 6.26. The van der Waals surface area contributed by atoms with Crippen molar-refractivity contribution in [2.75, 3.05) is 0 Å². The summed E-state index contributed by atoms with van der Waals surface area (Å²) >= 11 is 0. The standard InChI is InChI=1S/C25H17NO/c1-26-20-13-7-5-11-17(20)23-19(16-9-3-2-4-10-16)15-22-24(25(23)26)18-12-6-8-14-21(18)27-22/h2-15H,1H3. The van der Waals surface area contributed by atoms with Gasteiger partial charge in [-0.3, -0.25) is 0 Å². The van der Waals surface area contributed by atoms with E-state index in [2.05, 4.69) is 84.4 Å². The van der Waals surface area contributed by atoms with E-state index in [9.17, 15) is 0 Å². The maximum absolute atomic E-state index is 6.26. The van der Waals surface area contributed by atoms with Gasteiger partial charge in [-0.25, -0.2) is 0 Å². The van der Waals surface area contributed by atoms with Crippen LogP contribution in [0.1, 0.15) is 0 Å². The first-order valence-electron chi connectivity index (χ1n) is 9.20. The van der Waals surface area contributed by atoms with Crippen LogP contribution in [0.3, 0.4) is 0 Å². The summed E-state index contributed by atoms with van der Waals surface area (Å²) in [5, 5.41) is 4.93. The molecule has 0 bridgehead atoms. The third-order valence-corrected chi connectivity index (χ3v) is 5.60. The second-order valence-electron chi connectivity index (χ2n) is 7.06. The average Bonchev–Trinajstić information content (AvgIpc) is 3.24. The van der Waals surface area contributed by atoms with Gasteiger partial charge in [0, 0.05) is 28.7 Å². The Hall–Kier alpha value is -3.52. The molecule has 0 fully saturated rings. The van der Waals surface area contributed by atoms with Gasteiger partial charge in [-0.1, -0.05) is 66.7 Å². The molecule has 0 atom stereocenters. The zero-order valence-corrected chi connectivity index (χ0v) is 14.9. The molecule has 0 aliphatic heterocycles. The molecule has 2 heterocycles. The molecule has 0 radical (unpaired) electrons. The molecule has 0 spiro atoms. The molecule has 0 aliphatic rings. The van der Waals surface area contributed by atoms with Gasteiger partial charge in [-0.2, -0.15) is 0 Å². The molecule has 128 valence electrons. The first kappa shape index (κ1) is 14.6. The molecule has 2 heteroatoms. The lowest BCUT2D eigenvalue weighted by atomic mass is 9.97. The largest absolute Gasteiger partial charge is 0.456 e. The fourth-order valence-corrected chi connectivity index (χ4v) is 4.42. The van der Waals surface area contributed by atoms with Crippen LogP contribution in [0.15, 0.2) is 89.3 Å². The minimum atomic E-state index is 0.935. The Kier molecular flexibility index (Phi) is 2.84. The number of benzene rings is 4. The van der Waals surface area contributed by atoms with Crippen LogP contribution in [-0.2, 0) is 7.05 Å². The summed E-state index contributed by atoms with van der Waals surface area (Å²) in [4.78, 5) is 0. The summed E-state index contributed by atoms with van der Waals surface area (Å²) in [5.41, 5.74) is 6.77. The summed E-state index contributed by atoms with van der Waals surface area (Å²) in [7, 11) is 2.15. The number of rotatable bonds is 1. The minimum Gasteiger partial charge on any atom is -0.456 e. The molecule has 0 N–H and O–H groups in total. The summed E-state index contributed by atoms with van der Waals surface area (Å²) in [6.45, 7) is 0. The Morgan fingerprint density at radius 1 is 0.667 bits per heavy atom. The second kappa shape index (κ2) is 5.24. The van der Waals surface area contributed by atoms with Crippen molar-refractivity contribution in [3.63, 3.8) is 0 Å². The van der Waals surface area contributed by atoms with Crippen molar-refractivity contribution >= 4 is 43.7 Å². The molecule has 6 rings (SSSR count). The van der Waals surface area contributed by atoms with Gasteiger partial charge in [-0.15, -0.1) is 0 Å². The molecule has 0 aliphatic carbocycles. The molecule has 4 aromatic carbocycles. The van der Waals surface area contributed by atoms with E-state index >= 15 is 0 Å². The van der Waals surface area contributed by atoms with E-state index in [1.54, 1.807) is 0 Å². The van der Waals surface area contributed by atoms with Crippen LogP contribution in [0.25, 0.3) is 54.9 Å². The number of hydrogen-bond acceptors (Lipinski definition) is 1. The van der Waals surface area contributed by atoms with Crippen molar-refractivity contribution in [3.05, 3.63) is 84.9 Å². The molecular formula is C25H17NO. The number of fused-ring (bicyclic) bond motifs is 7. The number of nitrogens with zero attached hydrogens (tertiary/aromatic N) is 1. The van der Waals surface area contributed by atoms with Crippen molar-refractivity contribution in [3.8, 4) is 11.1 Å². The molecule has 0 saturated carbocycles. The highest BCUT2D eigenvalue weighted by atomic mass is 16.3. The third-order valence-electron chi connectivity index (χ3n) is 5.60. The van der Waals surface area contributed by atoms with Crippen LogP contribution in [-0.4, -0.2) is 4.57 Å². The normalized spacial score (nSPS) is 11.9. The second-order valence-corrected chi connectivity index (χ2v) is 7.06. The van der Waals surface area contributed by atoms with Crippen LogP contribution in [0, 0.1) is 0 Å². The molecule has 0 unspecified atom stereocenters. The fourth-order valence-electron chi connectivity index (χ4n) is 4.42. The number of aryl methyl sites for hydroxylation is 1. The quantitative estimate of drug-likeness (QED) is 0.316. The summed E-state index contributed by atoms with van der Waals surface area (Å²) in [6.07, 6.45) is 0. The van der Waals surface area contributed by atoms with Crippen molar-refractivity contribution in [2.24, 2.45) is 7.05 Å². The van der Waals surface area contributed by atoms with Crippen LogP contribution in [0.4, 0.5) is 0 Å². The fraction of sp³-hybridized carbons (Fsp3) is 0.0400. The molecule has 2 aromatic heterocycles. The van der Waals surface area contributed by atoms with Crippen molar-refractivity contribution in [1.82, 2.24) is 4.57 Å². The average molecular weight is 347 g/mol. The van der Waals surface area contributed by atoms with Gasteiger partial charge in [0.15, 0.2) is 0 Å². The Balaban J connectivity index is 1.96. The first-order valence-corrected chi connectivity index (χ1v) is 9.20. The van der Waals surface area contributed by atoms with Gasteiger partial charge < -0.3 is 8.98 Å². The van der Waals surface area contributed by atoms with E-state index < -0.39 is 0 Å². The minimum absolute atomic E-state index is 0.935. The summed E-state index contributed by atoms with van der Waals surface area (Å²) < 4.78 is 8.57. The Morgan fingerprint density at radius 2 is 1.37 bits per heavy atom. The lowest BCUT2D eigenvalue weighted by molar-refractivity contribution is 0.669. The predicted molar refractivity (Wildman–Crippen MR) is 113 cm³/mol. The van der Waals surface area contributed by atoms with E-state index in [1.807, 2.05) is 12.1 Å². The topological polar surface area (TPSA) is 18.1 Å². The van der Waals surface area contributed by atoms with E-state index in [0.29, 0.717) is 0 Å². The van der Waals surface area contributed by atoms with E-state index in [4.69, 9.17) is 4.42 Å². The molecule has 0 amide bonds. The lowest BCUT2D eigenvalue weighted by Crippen LogP contribution is -1.88. The van der Waals surface area contributed by atoms with Gasteiger partial charge in [0.1, 0.15) is 11.2 Å². The monoisotopic (exact) mass is 347 g/mol. The Morgan fingerprint density at radius 3 is 2.22 bits per heavy atom. The summed E-state index contributed by atoms with van der Waals surface area (Å²) in [5.74, 6) is 0. The predicted octanol–water partition coefficient (Wildman–Crippen LogP) is 6.90. The van der Waals surface area contributed by atoms with E-state index in [-0.39, 0.29) is 0 Å². The number of aromatic nitrogens is 1. The van der Waals surface area contributed by atoms with Crippen LogP contribution in [0.5, 0.6) is 0 Å². The van der Waals surface area contributed by atoms with Gasteiger partial charge in [-0.05, 0) is 29.3 Å². The van der Waals surface area contributed by atoms with Crippen molar-refractivity contribution < 1.29 is 4.42 Å². The lowest BCUT2D eigenvalue weighted by Gasteiger charge is -2.07. The SMILES string of the molecule is Cn1c2ccccc2c2c(-c3ccccc3)cc3oc4ccccc4c3c21. The maximum Gasteiger partial charge on any atom is 0.138 e. The smallest absolute Gasteiger partial charge is 0.138 e.